The highest BCUT2D eigenvalue weighted by atomic mass is 16.6. The lowest BCUT2D eigenvalue weighted by Gasteiger charge is -2.24. The first-order valence-electron chi connectivity index (χ1n) is 8.33. The summed E-state index contributed by atoms with van der Waals surface area (Å²) in [4.78, 5) is 48.9. The first-order valence-corrected chi connectivity index (χ1v) is 8.33. The summed E-state index contributed by atoms with van der Waals surface area (Å²) < 4.78 is 14.5. The molecule has 0 saturated heterocycles. The molecule has 1 N–H and O–H groups in total. The molecule has 1 rings (SSSR count). The van der Waals surface area contributed by atoms with Gasteiger partial charge in [0.05, 0.1) is 14.2 Å². The van der Waals surface area contributed by atoms with Crippen LogP contribution in [0.5, 0.6) is 0 Å². The van der Waals surface area contributed by atoms with Crippen LogP contribution < -0.4 is 5.32 Å². The molecule has 2 atom stereocenters. The van der Waals surface area contributed by atoms with Crippen molar-refractivity contribution in [2.24, 2.45) is 5.92 Å². The number of benzene rings is 1. The summed E-state index contributed by atoms with van der Waals surface area (Å²) >= 11 is 0. The van der Waals surface area contributed by atoms with E-state index in [4.69, 9.17) is 9.47 Å². The van der Waals surface area contributed by atoms with E-state index >= 15 is 0 Å². The number of amides is 1. The van der Waals surface area contributed by atoms with Crippen LogP contribution in [0.25, 0.3) is 0 Å². The number of hydrogen-bond donors (Lipinski definition) is 1. The first-order chi connectivity index (χ1) is 12.6. The van der Waals surface area contributed by atoms with E-state index in [9.17, 15) is 19.2 Å². The molecule has 0 aliphatic heterocycles. The highest BCUT2D eigenvalue weighted by Crippen LogP contribution is 2.18. The predicted molar refractivity (Wildman–Crippen MR) is 96.1 cm³/mol. The molecule has 8 heteroatoms. The van der Waals surface area contributed by atoms with Crippen LogP contribution in [0, 0.1) is 5.92 Å². The maximum atomic E-state index is 12.7. The molecule has 8 nitrogen and oxygen atoms in total. The number of nitrogens with one attached hydrogen (secondary N) is 1. The van der Waals surface area contributed by atoms with Crippen LogP contribution in [0.15, 0.2) is 30.3 Å². The van der Waals surface area contributed by atoms with E-state index in [-0.39, 0.29) is 12.0 Å². The molecule has 27 heavy (non-hydrogen) atoms. The lowest BCUT2D eigenvalue weighted by molar-refractivity contribution is -0.146. The molecule has 1 amide bonds. The van der Waals surface area contributed by atoms with Crippen molar-refractivity contribution in [2.75, 3.05) is 14.2 Å². The fraction of sp³-hybridized carbons (Fsp3) is 0.474. The van der Waals surface area contributed by atoms with Gasteiger partial charge in [0, 0.05) is 5.56 Å². The zero-order valence-electron chi connectivity index (χ0n) is 16.1. The number of carbonyl (C=O) groups is 4. The van der Waals surface area contributed by atoms with Crippen LogP contribution in [-0.2, 0) is 23.8 Å². The topological polar surface area (TPSA) is 108 Å². The van der Waals surface area contributed by atoms with E-state index in [1.165, 1.54) is 0 Å². The molecule has 0 radical (unpaired) electrons. The Balaban J connectivity index is 3.05. The van der Waals surface area contributed by atoms with Gasteiger partial charge in [-0.15, -0.1) is 0 Å². The second-order valence-corrected chi connectivity index (χ2v) is 6.76. The third kappa shape index (κ3) is 7.08. The van der Waals surface area contributed by atoms with E-state index in [0.29, 0.717) is 0 Å². The van der Waals surface area contributed by atoms with Crippen molar-refractivity contribution in [3.05, 3.63) is 35.9 Å². The lowest BCUT2D eigenvalue weighted by atomic mass is 9.91. The second kappa shape index (κ2) is 9.70. The van der Waals surface area contributed by atoms with Gasteiger partial charge in [0.15, 0.2) is 5.78 Å². The van der Waals surface area contributed by atoms with Crippen molar-refractivity contribution in [3.8, 4) is 0 Å². The number of ether oxygens (including phenoxy) is 3. The molecule has 0 aliphatic rings. The van der Waals surface area contributed by atoms with Gasteiger partial charge >= 0.3 is 18.0 Å². The molecule has 148 valence electrons. The zero-order valence-corrected chi connectivity index (χ0v) is 16.1. The predicted octanol–water partition coefficient (Wildman–Crippen LogP) is 2.11. The van der Waals surface area contributed by atoms with E-state index in [1.54, 1.807) is 51.1 Å². The van der Waals surface area contributed by atoms with Gasteiger partial charge in [-0.3, -0.25) is 9.59 Å². The third-order valence-corrected chi connectivity index (χ3v) is 3.51. The Morgan fingerprint density at radius 1 is 0.963 bits per heavy atom. The maximum absolute atomic E-state index is 12.7. The minimum atomic E-state index is -1.29. The highest BCUT2D eigenvalue weighted by molar-refractivity contribution is 6.09. The molecule has 0 spiro atoms. The molecule has 1 aromatic rings. The van der Waals surface area contributed by atoms with E-state index in [0.717, 1.165) is 14.2 Å². The Morgan fingerprint density at radius 2 is 1.52 bits per heavy atom. The molecule has 0 saturated carbocycles. The molecular weight excluding hydrogens is 354 g/mol. The largest absolute Gasteiger partial charge is 0.468 e. The van der Waals surface area contributed by atoms with Crippen molar-refractivity contribution in [3.63, 3.8) is 0 Å². The summed E-state index contributed by atoms with van der Waals surface area (Å²) in [7, 11) is 2.28. The Kier molecular flexibility index (Phi) is 7.96. The number of alkyl carbamates (subject to hydrolysis) is 1. The van der Waals surface area contributed by atoms with E-state index in [1.807, 2.05) is 0 Å². The molecule has 0 aliphatic carbocycles. The van der Waals surface area contributed by atoms with Crippen molar-refractivity contribution >= 4 is 23.8 Å². The summed E-state index contributed by atoms with van der Waals surface area (Å²) in [5.74, 6) is -3.45. The smallest absolute Gasteiger partial charge is 0.408 e. The van der Waals surface area contributed by atoms with Crippen molar-refractivity contribution < 1.29 is 33.4 Å². The number of ketones is 1. The standard InChI is InChI=1S/C19H25NO7/c1-19(2,3)27-18(24)20-14(17(23)26-5)11-13(16(22)25-4)15(21)12-9-7-6-8-10-12/h6-10,13-14H,11H2,1-5H3,(H,20,24)/t13?,14-/m0/s1. The molecule has 0 aromatic heterocycles. The number of Topliss-reactive ketones (excluding diaryl/α,β-unsaturated/α-hetero) is 1. The quantitative estimate of drug-likeness (QED) is 0.334. The molecule has 1 aromatic carbocycles. The number of methoxy groups -OCH3 is 2. The molecule has 1 unspecified atom stereocenters. The first kappa shape index (κ1) is 22.1. The average Bonchev–Trinajstić information content (AvgIpc) is 2.62. The van der Waals surface area contributed by atoms with Gasteiger partial charge in [-0.2, -0.15) is 0 Å². The third-order valence-electron chi connectivity index (χ3n) is 3.51. The Morgan fingerprint density at radius 3 is 2.00 bits per heavy atom. The zero-order chi connectivity index (χ0) is 20.6. The Bertz CT molecular complexity index is 679. The number of esters is 2. The molecule has 0 heterocycles. The SMILES string of the molecule is COC(=O)C(C[C@H](NC(=O)OC(C)(C)C)C(=O)OC)C(=O)c1ccccc1. The van der Waals surface area contributed by atoms with Crippen molar-refractivity contribution in [2.45, 2.75) is 38.8 Å². The second-order valence-electron chi connectivity index (χ2n) is 6.76. The molecular formula is C19H25NO7. The van der Waals surface area contributed by atoms with Gasteiger partial charge < -0.3 is 19.5 Å². The van der Waals surface area contributed by atoms with Crippen LogP contribution in [0.1, 0.15) is 37.6 Å². The lowest BCUT2D eigenvalue weighted by Crippen LogP contribution is -2.46. The highest BCUT2D eigenvalue weighted by Gasteiger charge is 2.35. The minimum absolute atomic E-state index is 0.286. The van der Waals surface area contributed by atoms with Crippen LogP contribution in [0.4, 0.5) is 4.79 Å². The van der Waals surface area contributed by atoms with Gasteiger partial charge in [-0.25, -0.2) is 9.59 Å². The minimum Gasteiger partial charge on any atom is -0.468 e. The van der Waals surface area contributed by atoms with Crippen LogP contribution in [0.2, 0.25) is 0 Å². The van der Waals surface area contributed by atoms with E-state index in [2.05, 4.69) is 10.1 Å². The Hall–Kier alpha value is -2.90. The Labute approximate surface area is 158 Å². The van der Waals surface area contributed by atoms with Crippen LogP contribution in [0.3, 0.4) is 0 Å². The molecule has 0 fully saturated rings. The average molecular weight is 379 g/mol. The fourth-order valence-corrected chi connectivity index (χ4v) is 2.30. The molecule has 0 bridgehead atoms. The summed E-state index contributed by atoms with van der Waals surface area (Å²) in [5, 5.41) is 2.34. The van der Waals surface area contributed by atoms with Crippen LogP contribution in [-0.4, -0.2) is 49.7 Å². The van der Waals surface area contributed by atoms with Crippen molar-refractivity contribution in [1.29, 1.82) is 0 Å². The number of rotatable bonds is 7. The summed E-state index contributed by atoms with van der Waals surface area (Å²) in [6, 6.07) is 6.86. The van der Waals surface area contributed by atoms with E-state index < -0.39 is 41.4 Å². The van der Waals surface area contributed by atoms with Gasteiger partial charge in [0.25, 0.3) is 0 Å². The maximum Gasteiger partial charge on any atom is 0.408 e. The fourth-order valence-electron chi connectivity index (χ4n) is 2.30. The van der Waals surface area contributed by atoms with Gasteiger partial charge in [-0.05, 0) is 27.2 Å². The van der Waals surface area contributed by atoms with Crippen molar-refractivity contribution in [1.82, 2.24) is 5.32 Å². The van der Waals surface area contributed by atoms with Gasteiger partial charge in [0.2, 0.25) is 0 Å². The van der Waals surface area contributed by atoms with Gasteiger partial charge in [-0.1, -0.05) is 30.3 Å². The summed E-state index contributed by atoms with van der Waals surface area (Å²) in [5.41, 5.74) is -0.499. The number of carbonyl (C=O) groups excluding carboxylic acids is 4. The summed E-state index contributed by atoms with van der Waals surface area (Å²) in [6.45, 7) is 4.99. The van der Waals surface area contributed by atoms with Crippen LogP contribution >= 0.6 is 0 Å². The number of hydrogen-bond acceptors (Lipinski definition) is 7. The monoisotopic (exact) mass is 379 g/mol. The normalized spacial score (nSPS) is 13.1. The summed E-state index contributed by atoms with van der Waals surface area (Å²) in [6.07, 6.45) is -1.19. The van der Waals surface area contributed by atoms with Gasteiger partial charge in [0.1, 0.15) is 17.6 Å².